The van der Waals surface area contributed by atoms with Gasteiger partial charge in [-0.05, 0) is 24.5 Å². The highest BCUT2D eigenvalue weighted by Crippen LogP contribution is 2.25. The first-order valence-electron chi connectivity index (χ1n) is 4.03. The van der Waals surface area contributed by atoms with Crippen LogP contribution in [0.1, 0.15) is 40.0 Å². The molecule has 0 rings (SSSR count). The Kier molecular flexibility index (Phi) is 4.33. The fraction of sp³-hybridized carbons (Fsp3) is 0.889. The SMILES string of the molecule is CCC(C)(C)CCC=NC. The average molecular weight is 141 g/mol. The average Bonchev–Trinajstić information content (AvgIpc) is 1.89. The van der Waals surface area contributed by atoms with Crippen LogP contribution >= 0.6 is 0 Å². The van der Waals surface area contributed by atoms with Gasteiger partial charge in [0.25, 0.3) is 0 Å². The molecule has 0 aliphatic rings. The summed E-state index contributed by atoms with van der Waals surface area (Å²) in [5.74, 6) is 0. The molecule has 0 saturated heterocycles. The van der Waals surface area contributed by atoms with Crippen molar-refractivity contribution in [3.8, 4) is 0 Å². The van der Waals surface area contributed by atoms with Crippen LogP contribution < -0.4 is 0 Å². The van der Waals surface area contributed by atoms with Crippen molar-refractivity contribution in [3.05, 3.63) is 0 Å². The molecule has 1 nitrogen and oxygen atoms in total. The summed E-state index contributed by atoms with van der Waals surface area (Å²) in [4.78, 5) is 3.95. The second-order valence-corrected chi connectivity index (χ2v) is 3.50. The third-order valence-electron chi connectivity index (χ3n) is 2.09. The molecule has 0 aromatic heterocycles. The van der Waals surface area contributed by atoms with Gasteiger partial charge in [0.1, 0.15) is 0 Å². The molecule has 0 N–H and O–H groups in total. The number of hydrogen-bond acceptors (Lipinski definition) is 1. The van der Waals surface area contributed by atoms with Crippen molar-refractivity contribution in [1.29, 1.82) is 0 Å². The summed E-state index contributed by atoms with van der Waals surface area (Å²) >= 11 is 0. The van der Waals surface area contributed by atoms with Gasteiger partial charge in [-0.2, -0.15) is 0 Å². The van der Waals surface area contributed by atoms with E-state index in [2.05, 4.69) is 25.8 Å². The molecule has 0 fully saturated rings. The van der Waals surface area contributed by atoms with Crippen LogP contribution in [-0.2, 0) is 0 Å². The van der Waals surface area contributed by atoms with Crippen LogP contribution in [0.25, 0.3) is 0 Å². The second-order valence-electron chi connectivity index (χ2n) is 3.50. The Hall–Kier alpha value is -0.330. The first kappa shape index (κ1) is 9.67. The highest BCUT2D eigenvalue weighted by molar-refractivity contribution is 5.56. The fourth-order valence-electron chi connectivity index (χ4n) is 0.761. The zero-order valence-electron chi connectivity index (χ0n) is 7.65. The van der Waals surface area contributed by atoms with Gasteiger partial charge in [-0.15, -0.1) is 0 Å². The quantitative estimate of drug-likeness (QED) is 0.534. The van der Waals surface area contributed by atoms with Gasteiger partial charge in [-0.25, -0.2) is 0 Å². The molecule has 0 heterocycles. The predicted octanol–water partition coefficient (Wildman–Crippen LogP) is 2.90. The standard InChI is InChI=1S/C9H19N/c1-5-9(2,3)7-6-8-10-4/h8H,5-7H2,1-4H3. The Bertz CT molecular complexity index is 103. The van der Waals surface area contributed by atoms with Crippen molar-refractivity contribution >= 4 is 6.21 Å². The summed E-state index contributed by atoms with van der Waals surface area (Å²) in [6, 6.07) is 0. The summed E-state index contributed by atoms with van der Waals surface area (Å²) in [6.45, 7) is 6.84. The molecule has 0 bridgehead atoms. The Morgan fingerprint density at radius 2 is 2.00 bits per heavy atom. The van der Waals surface area contributed by atoms with E-state index < -0.39 is 0 Å². The summed E-state index contributed by atoms with van der Waals surface area (Å²) in [5, 5.41) is 0. The van der Waals surface area contributed by atoms with Gasteiger partial charge >= 0.3 is 0 Å². The van der Waals surface area contributed by atoms with Crippen LogP contribution in [0.3, 0.4) is 0 Å². The van der Waals surface area contributed by atoms with Gasteiger partial charge in [0.15, 0.2) is 0 Å². The number of hydrogen-bond donors (Lipinski definition) is 0. The third kappa shape index (κ3) is 4.54. The lowest BCUT2D eigenvalue weighted by molar-refractivity contribution is 0.330. The third-order valence-corrected chi connectivity index (χ3v) is 2.09. The van der Waals surface area contributed by atoms with E-state index in [0.717, 1.165) is 6.42 Å². The highest BCUT2D eigenvalue weighted by Gasteiger charge is 2.12. The van der Waals surface area contributed by atoms with Gasteiger partial charge in [0.2, 0.25) is 0 Å². The van der Waals surface area contributed by atoms with E-state index in [4.69, 9.17) is 0 Å². The summed E-state index contributed by atoms with van der Waals surface area (Å²) < 4.78 is 0. The number of nitrogens with zero attached hydrogens (tertiary/aromatic N) is 1. The van der Waals surface area contributed by atoms with Crippen molar-refractivity contribution < 1.29 is 0 Å². The van der Waals surface area contributed by atoms with Crippen LogP contribution in [0.2, 0.25) is 0 Å². The van der Waals surface area contributed by atoms with Crippen molar-refractivity contribution in [2.45, 2.75) is 40.0 Å². The van der Waals surface area contributed by atoms with Crippen molar-refractivity contribution in [3.63, 3.8) is 0 Å². The molecule has 1 heteroatoms. The van der Waals surface area contributed by atoms with Crippen LogP contribution in [0.15, 0.2) is 4.99 Å². The molecule has 0 aromatic carbocycles. The minimum atomic E-state index is 0.501. The molecule has 60 valence electrons. The van der Waals surface area contributed by atoms with Gasteiger partial charge < -0.3 is 4.99 Å². The second kappa shape index (κ2) is 4.48. The van der Waals surface area contributed by atoms with Crippen molar-refractivity contribution in [2.24, 2.45) is 10.4 Å². The largest absolute Gasteiger partial charge is 0.301 e. The Morgan fingerprint density at radius 1 is 1.40 bits per heavy atom. The van der Waals surface area contributed by atoms with Crippen LogP contribution in [0.4, 0.5) is 0 Å². The molecular formula is C9H19N. The maximum atomic E-state index is 3.95. The molecule has 0 spiro atoms. The minimum Gasteiger partial charge on any atom is -0.301 e. The van der Waals surface area contributed by atoms with Crippen LogP contribution in [0.5, 0.6) is 0 Å². The number of aliphatic imine (C=N–C) groups is 1. The first-order chi connectivity index (χ1) is 4.62. The Morgan fingerprint density at radius 3 is 2.40 bits per heavy atom. The van der Waals surface area contributed by atoms with E-state index in [1.807, 2.05) is 13.3 Å². The van der Waals surface area contributed by atoms with Crippen LogP contribution in [-0.4, -0.2) is 13.3 Å². The van der Waals surface area contributed by atoms with Gasteiger partial charge in [0.05, 0.1) is 0 Å². The molecule has 0 aliphatic heterocycles. The number of rotatable bonds is 4. The lowest BCUT2D eigenvalue weighted by Gasteiger charge is -2.20. The molecule has 10 heavy (non-hydrogen) atoms. The highest BCUT2D eigenvalue weighted by atomic mass is 14.6. The van der Waals surface area contributed by atoms with E-state index in [9.17, 15) is 0 Å². The molecule has 0 amide bonds. The Balaban J connectivity index is 3.46. The normalized spacial score (nSPS) is 12.8. The molecule has 0 unspecified atom stereocenters. The van der Waals surface area contributed by atoms with E-state index in [1.165, 1.54) is 12.8 Å². The lowest BCUT2D eigenvalue weighted by atomic mass is 9.85. The maximum Gasteiger partial charge on any atom is 0.0273 e. The summed E-state index contributed by atoms with van der Waals surface area (Å²) in [6.07, 6.45) is 5.63. The molecule has 0 aromatic rings. The molecular weight excluding hydrogens is 122 g/mol. The van der Waals surface area contributed by atoms with Crippen molar-refractivity contribution in [2.75, 3.05) is 7.05 Å². The maximum absolute atomic E-state index is 3.95. The van der Waals surface area contributed by atoms with E-state index in [-0.39, 0.29) is 0 Å². The van der Waals surface area contributed by atoms with Gasteiger partial charge in [-0.3, -0.25) is 0 Å². The Labute approximate surface area is 64.6 Å². The zero-order chi connectivity index (χ0) is 8.04. The molecule has 0 atom stereocenters. The van der Waals surface area contributed by atoms with Crippen molar-refractivity contribution in [1.82, 2.24) is 0 Å². The van der Waals surface area contributed by atoms with Gasteiger partial charge in [-0.1, -0.05) is 27.2 Å². The zero-order valence-corrected chi connectivity index (χ0v) is 7.65. The molecule has 0 aliphatic carbocycles. The van der Waals surface area contributed by atoms with E-state index >= 15 is 0 Å². The van der Waals surface area contributed by atoms with Gasteiger partial charge in [0, 0.05) is 7.05 Å². The van der Waals surface area contributed by atoms with Crippen LogP contribution in [0, 0.1) is 5.41 Å². The monoisotopic (exact) mass is 141 g/mol. The predicted molar refractivity (Wildman–Crippen MR) is 47.7 cm³/mol. The topological polar surface area (TPSA) is 12.4 Å². The summed E-state index contributed by atoms with van der Waals surface area (Å²) in [5.41, 5.74) is 0.501. The van der Waals surface area contributed by atoms with E-state index in [1.54, 1.807) is 0 Å². The minimum absolute atomic E-state index is 0.501. The molecule has 0 saturated carbocycles. The summed E-state index contributed by atoms with van der Waals surface area (Å²) in [7, 11) is 1.83. The van der Waals surface area contributed by atoms with E-state index in [0.29, 0.717) is 5.41 Å². The lowest BCUT2D eigenvalue weighted by Crippen LogP contribution is -2.08. The fourth-order valence-corrected chi connectivity index (χ4v) is 0.761. The smallest absolute Gasteiger partial charge is 0.0273 e. The molecule has 0 radical (unpaired) electrons. The first-order valence-corrected chi connectivity index (χ1v) is 4.03.